The van der Waals surface area contributed by atoms with Gasteiger partial charge in [0.25, 0.3) is 0 Å². The van der Waals surface area contributed by atoms with Crippen molar-refractivity contribution in [3.8, 4) is 12.3 Å². The number of amidine groups is 1. The van der Waals surface area contributed by atoms with Crippen molar-refractivity contribution in [2.75, 3.05) is 13.1 Å². The van der Waals surface area contributed by atoms with Gasteiger partial charge in [-0.1, -0.05) is 5.92 Å². The third kappa shape index (κ3) is 2.70. The Labute approximate surface area is 121 Å². The number of aromatic nitrogens is 1. The number of nitrogens with zero attached hydrogens (tertiary/aromatic N) is 2. The van der Waals surface area contributed by atoms with E-state index >= 15 is 0 Å². The van der Waals surface area contributed by atoms with Crippen LogP contribution in [0.5, 0.6) is 0 Å². The Morgan fingerprint density at radius 1 is 1.38 bits per heavy atom. The fourth-order valence-corrected chi connectivity index (χ4v) is 2.17. The maximum absolute atomic E-state index is 13.6. The number of hydrogen-bond acceptors (Lipinski definition) is 3. The quantitative estimate of drug-likeness (QED) is 0.815. The zero-order valence-electron chi connectivity index (χ0n) is 11.2. The van der Waals surface area contributed by atoms with Gasteiger partial charge in [-0.3, -0.25) is 4.99 Å². The van der Waals surface area contributed by atoms with E-state index in [0.29, 0.717) is 35.9 Å². The van der Waals surface area contributed by atoms with Gasteiger partial charge in [0.05, 0.1) is 30.2 Å². The minimum atomic E-state index is -0.316. The molecule has 4 nitrogen and oxygen atoms in total. The Hall–Kier alpha value is -2.87. The molecule has 0 radical (unpaired) electrons. The van der Waals surface area contributed by atoms with Gasteiger partial charge in [-0.25, -0.2) is 9.38 Å². The van der Waals surface area contributed by atoms with Crippen LogP contribution in [0.4, 0.5) is 10.1 Å². The minimum absolute atomic E-state index is 0.316. The van der Waals surface area contributed by atoms with Crippen LogP contribution >= 0.6 is 0 Å². The molecule has 1 aliphatic rings. The molecule has 2 heterocycles. The number of H-pyrrole nitrogens is 1. The molecule has 3 rings (SSSR count). The van der Waals surface area contributed by atoms with Crippen molar-refractivity contribution in [2.24, 2.45) is 9.98 Å². The Morgan fingerprint density at radius 3 is 3.05 bits per heavy atom. The van der Waals surface area contributed by atoms with Crippen LogP contribution in [0.15, 0.2) is 46.5 Å². The van der Waals surface area contributed by atoms with Crippen LogP contribution < -0.4 is 5.32 Å². The predicted octanol–water partition coefficient (Wildman–Crippen LogP) is 2.26. The summed E-state index contributed by atoms with van der Waals surface area (Å²) in [5, 5.41) is 3.04. The topological polar surface area (TPSA) is 52.5 Å². The van der Waals surface area contributed by atoms with Crippen molar-refractivity contribution in [2.45, 2.75) is 0 Å². The van der Waals surface area contributed by atoms with E-state index in [2.05, 4.69) is 26.2 Å². The Bertz CT molecular complexity index is 751. The third-order valence-electron chi connectivity index (χ3n) is 3.10. The van der Waals surface area contributed by atoms with Gasteiger partial charge in [-0.15, -0.1) is 6.42 Å². The number of nitrogens with one attached hydrogen (secondary N) is 2. The molecule has 2 aromatic rings. The summed E-state index contributed by atoms with van der Waals surface area (Å²) in [4.78, 5) is 12.1. The van der Waals surface area contributed by atoms with Crippen LogP contribution in [0.1, 0.15) is 11.3 Å². The van der Waals surface area contributed by atoms with Crippen LogP contribution in [0.2, 0.25) is 0 Å². The minimum Gasteiger partial charge on any atom is -0.361 e. The molecule has 1 aromatic carbocycles. The molecule has 0 saturated heterocycles. The lowest BCUT2D eigenvalue weighted by molar-refractivity contribution is 0.627. The average molecular weight is 280 g/mol. The van der Waals surface area contributed by atoms with Gasteiger partial charge < -0.3 is 10.3 Å². The van der Waals surface area contributed by atoms with E-state index in [0.717, 1.165) is 5.69 Å². The first kappa shape index (κ1) is 13.1. The monoisotopic (exact) mass is 280 g/mol. The highest BCUT2D eigenvalue weighted by Crippen LogP contribution is 2.25. The van der Waals surface area contributed by atoms with Crippen LogP contribution in [-0.2, 0) is 0 Å². The zero-order chi connectivity index (χ0) is 14.7. The van der Waals surface area contributed by atoms with E-state index in [4.69, 9.17) is 6.42 Å². The van der Waals surface area contributed by atoms with Gasteiger partial charge in [0.2, 0.25) is 0 Å². The van der Waals surface area contributed by atoms with Crippen LogP contribution in [-0.4, -0.2) is 29.6 Å². The molecule has 0 unspecified atom stereocenters. The number of benzene rings is 1. The first-order valence-corrected chi connectivity index (χ1v) is 6.51. The van der Waals surface area contributed by atoms with E-state index < -0.39 is 0 Å². The van der Waals surface area contributed by atoms with Gasteiger partial charge in [0.1, 0.15) is 11.7 Å². The highest BCUT2D eigenvalue weighted by Gasteiger charge is 2.17. The first-order chi connectivity index (χ1) is 10.3. The smallest absolute Gasteiger partial charge is 0.125 e. The van der Waals surface area contributed by atoms with E-state index in [9.17, 15) is 4.39 Å². The SMILES string of the molecule is C#CCNC1=Nc2ccc(F)cc2C(c2ccc[nH]2)=NC1. The molecule has 0 fully saturated rings. The zero-order valence-corrected chi connectivity index (χ0v) is 11.2. The molecule has 1 aromatic heterocycles. The van der Waals surface area contributed by atoms with Gasteiger partial charge >= 0.3 is 0 Å². The standard InChI is InChI=1S/C16H13FN4/c1-2-7-19-15-10-20-16(14-4-3-8-18-14)12-9-11(17)5-6-13(12)21-15/h1,3-6,8-9,18H,7,10H2,(H,19,21). The molecule has 104 valence electrons. The number of terminal acetylenes is 1. The van der Waals surface area contributed by atoms with E-state index in [1.165, 1.54) is 12.1 Å². The molecule has 0 spiro atoms. The summed E-state index contributed by atoms with van der Waals surface area (Å²) in [7, 11) is 0. The molecule has 5 heteroatoms. The Balaban J connectivity index is 2.09. The van der Waals surface area contributed by atoms with Crippen molar-refractivity contribution in [1.29, 1.82) is 0 Å². The van der Waals surface area contributed by atoms with Crippen molar-refractivity contribution in [3.05, 3.63) is 53.6 Å². The molecule has 0 aliphatic carbocycles. The summed E-state index contributed by atoms with van der Waals surface area (Å²) >= 11 is 0. The molecular weight excluding hydrogens is 267 g/mol. The van der Waals surface area contributed by atoms with Crippen molar-refractivity contribution < 1.29 is 4.39 Å². The summed E-state index contributed by atoms with van der Waals surface area (Å²) in [6, 6.07) is 8.25. The summed E-state index contributed by atoms with van der Waals surface area (Å²) in [5.41, 5.74) is 2.85. The van der Waals surface area contributed by atoms with E-state index in [1.807, 2.05) is 12.1 Å². The number of aliphatic imine (C=N–C) groups is 2. The second-order valence-corrected chi connectivity index (χ2v) is 4.53. The molecule has 0 saturated carbocycles. The fraction of sp³-hybridized carbons (Fsp3) is 0.125. The lowest BCUT2D eigenvalue weighted by Crippen LogP contribution is -2.26. The molecule has 21 heavy (non-hydrogen) atoms. The summed E-state index contributed by atoms with van der Waals surface area (Å²) in [5.74, 6) is 2.85. The van der Waals surface area contributed by atoms with Gasteiger partial charge in [-0.05, 0) is 30.3 Å². The molecule has 2 N–H and O–H groups in total. The number of hydrogen-bond donors (Lipinski definition) is 2. The second-order valence-electron chi connectivity index (χ2n) is 4.53. The molecule has 0 bridgehead atoms. The van der Waals surface area contributed by atoms with Gasteiger partial charge in [0, 0.05) is 11.8 Å². The van der Waals surface area contributed by atoms with E-state index in [-0.39, 0.29) is 5.82 Å². The van der Waals surface area contributed by atoms with Crippen LogP contribution in [0.25, 0.3) is 0 Å². The van der Waals surface area contributed by atoms with Crippen LogP contribution in [0.3, 0.4) is 0 Å². The molecule has 0 amide bonds. The number of fused-ring (bicyclic) bond motifs is 1. The fourth-order valence-electron chi connectivity index (χ4n) is 2.17. The summed E-state index contributed by atoms with van der Waals surface area (Å²) in [6.45, 7) is 0.745. The van der Waals surface area contributed by atoms with Gasteiger partial charge in [0.15, 0.2) is 0 Å². The first-order valence-electron chi connectivity index (χ1n) is 6.51. The summed E-state index contributed by atoms with van der Waals surface area (Å²) in [6.07, 6.45) is 7.05. The summed E-state index contributed by atoms with van der Waals surface area (Å²) < 4.78 is 13.6. The average Bonchev–Trinajstić information content (AvgIpc) is 2.95. The van der Waals surface area contributed by atoms with Crippen molar-refractivity contribution in [3.63, 3.8) is 0 Å². The maximum Gasteiger partial charge on any atom is 0.125 e. The number of rotatable bonds is 2. The molecular formula is C16H13FN4. The lowest BCUT2D eigenvalue weighted by atomic mass is 10.1. The number of aromatic amines is 1. The highest BCUT2D eigenvalue weighted by atomic mass is 19.1. The maximum atomic E-state index is 13.6. The van der Waals surface area contributed by atoms with Crippen molar-refractivity contribution in [1.82, 2.24) is 10.3 Å². The molecule has 0 atom stereocenters. The highest BCUT2D eigenvalue weighted by molar-refractivity contribution is 6.16. The third-order valence-corrected chi connectivity index (χ3v) is 3.10. The van der Waals surface area contributed by atoms with E-state index in [1.54, 1.807) is 12.3 Å². The normalized spacial score (nSPS) is 13.5. The van der Waals surface area contributed by atoms with Crippen LogP contribution in [0, 0.1) is 18.2 Å². The predicted molar refractivity (Wildman–Crippen MR) is 81.6 cm³/mol. The van der Waals surface area contributed by atoms with Crippen molar-refractivity contribution >= 4 is 17.2 Å². The lowest BCUT2D eigenvalue weighted by Gasteiger charge is -2.06. The number of halogens is 1. The Morgan fingerprint density at radius 2 is 2.29 bits per heavy atom. The Kier molecular flexibility index (Phi) is 3.52. The second kappa shape index (κ2) is 5.63. The van der Waals surface area contributed by atoms with Gasteiger partial charge in [-0.2, -0.15) is 0 Å². The largest absolute Gasteiger partial charge is 0.361 e. The molecule has 1 aliphatic heterocycles.